The van der Waals surface area contributed by atoms with Gasteiger partial charge in [-0.05, 0) is 103 Å². The molecule has 0 fully saturated rings. The van der Waals surface area contributed by atoms with Crippen LogP contribution in [0.2, 0.25) is 0 Å². The summed E-state index contributed by atoms with van der Waals surface area (Å²) in [6, 6.07) is 72.6. The lowest BCUT2D eigenvalue weighted by Crippen LogP contribution is -2.20. The van der Waals surface area contributed by atoms with Gasteiger partial charge in [-0.1, -0.05) is 172 Å². The highest BCUT2D eigenvalue weighted by Crippen LogP contribution is 2.54. The van der Waals surface area contributed by atoms with E-state index in [0.717, 1.165) is 49.8 Å². The largest absolute Gasteiger partial charge is 0.455 e. The first-order valence-electron chi connectivity index (χ1n) is 19.8. The molecule has 0 saturated heterocycles. The predicted octanol–water partition coefficient (Wildman–Crippen LogP) is 15.5. The van der Waals surface area contributed by atoms with E-state index >= 15 is 0 Å². The van der Waals surface area contributed by atoms with E-state index in [-0.39, 0.29) is 5.41 Å². The normalized spacial score (nSPS) is 12.9. The molecule has 2 heteroatoms. The van der Waals surface area contributed by atoms with Gasteiger partial charge in [-0.2, -0.15) is 0 Å². The fourth-order valence-electron chi connectivity index (χ4n) is 9.33. The molecule has 0 saturated carbocycles. The van der Waals surface area contributed by atoms with Crippen molar-refractivity contribution in [1.29, 1.82) is 0 Å². The van der Waals surface area contributed by atoms with Gasteiger partial charge in [0.15, 0.2) is 0 Å². The molecule has 2 nitrogen and oxygen atoms in total. The smallest absolute Gasteiger partial charge is 0.143 e. The fourth-order valence-corrected chi connectivity index (χ4v) is 9.33. The molecule has 0 spiro atoms. The summed E-state index contributed by atoms with van der Waals surface area (Å²) < 4.78 is 6.61. The van der Waals surface area contributed by atoms with Crippen molar-refractivity contribution in [3.8, 4) is 44.5 Å². The second-order valence-corrected chi connectivity index (χ2v) is 15.7. The Morgan fingerprint density at radius 3 is 1.84 bits per heavy atom. The van der Waals surface area contributed by atoms with Crippen molar-refractivity contribution in [1.82, 2.24) is 0 Å². The van der Waals surface area contributed by atoms with Crippen molar-refractivity contribution in [2.75, 3.05) is 4.90 Å². The fraction of sp³-hybridized carbons (Fsp3) is 0.0545. The van der Waals surface area contributed by atoms with Crippen LogP contribution < -0.4 is 4.90 Å². The molecular formula is C55H39NO. The van der Waals surface area contributed by atoms with Gasteiger partial charge in [0.1, 0.15) is 11.2 Å². The lowest BCUT2D eigenvalue weighted by atomic mass is 9.81. The third kappa shape index (κ3) is 5.33. The first kappa shape index (κ1) is 33.2. The van der Waals surface area contributed by atoms with E-state index < -0.39 is 0 Å². The number of nitrogens with zero attached hydrogens (tertiary/aromatic N) is 1. The van der Waals surface area contributed by atoms with Crippen molar-refractivity contribution in [3.05, 3.63) is 211 Å². The highest BCUT2D eigenvalue weighted by atomic mass is 16.3. The number of rotatable bonds is 6. The molecule has 1 aliphatic rings. The summed E-state index contributed by atoms with van der Waals surface area (Å²) in [4.78, 5) is 2.46. The van der Waals surface area contributed by atoms with E-state index in [4.69, 9.17) is 4.42 Å². The van der Waals surface area contributed by atoms with Crippen LogP contribution in [0.15, 0.2) is 205 Å². The van der Waals surface area contributed by atoms with Crippen LogP contribution in [0.5, 0.6) is 0 Å². The van der Waals surface area contributed by atoms with Gasteiger partial charge >= 0.3 is 0 Å². The second kappa shape index (κ2) is 13.0. The van der Waals surface area contributed by atoms with Gasteiger partial charge in [0.2, 0.25) is 0 Å². The molecule has 270 valence electrons. The first-order valence-corrected chi connectivity index (χ1v) is 19.8. The van der Waals surface area contributed by atoms with E-state index in [0.29, 0.717) is 0 Å². The quantitative estimate of drug-likeness (QED) is 0.169. The van der Waals surface area contributed by atoms with Crippen molar-refractivity contribution in [2.45, 2.75) is 19.3 Å². The zero-order valence-electron chi connectivity index (χ0n) is 31.9. The molecule has 9 aromatic carbocycles. The Hall–Kier alpha value is -7.16. The van der Waals surface area contributed by atoms with E-state index in [1.54, 1.807) is 0 Å². The minimum absolute atomic E-state index is 0.192. The lowest BCUT2D eigenvalue weighted by Gasteiger charge is -2.32. The molecule has 1 heterocycles. The van der Waals surface area contributed by atoms with Gasteiger partial charge < -0.3 is 9.32 Å². The van der Waals surface area contributed by atoms with Crippen LogP contribution in [0.25, 0.3) is 77.2 Å². The highest BCUT2D eigenvalue weighted by molar-refractivity contribution is 6.19. The zero-order chi connectivity index (χ0) is 38.1. The van der Waals surface area contributed by atoms with Gasteiger partial charge in [-0.15, -0.1) is 0 Å². The number of furan rings is 1. The van der Waals surface area contributed by atoms with E-state index in [2.05, 4.69) is 219 Å². The number of anilines is 3. The lowest BCUT2D eigenvalue weighted by molar-refractivity contribution is 0.661. The van der Waals surface area contributed by atoms with Gasteiger partial charge in [-0.25, -0.2) is 0 Å². The third-order valence-corrected chi connectivity index (χ3v) is 12.1. The Morgan fingerprint density at radius 2 is 1.04 bits per heavy atom. The highest BCUT2D eigenvalue weighted by Gasteiger charge is 2.38. The maximum absolute atomic E-state index is 6.61. The Bertz CT molecular complexity index is 3130. The molecule has 1 aliphatic carbocycles. The molecule has 10 aromatic rings. The third-order valence-electron chi connectivity index (χ3n) is 12.1. The molecule has 1 aromatic heterocycles. The number of hydrogen-bond acceptors (Lipinski definition) is 2. The van der Waals surface area contributed by atoms with E-state index in [1.165, 1.54) is 55.6 Å². The molecule has 0 bridgehead atoms. The minimum Gasteiger partial charge on any atom is -0.455 e. The maximum atomic E-state index is 6.61. The molecular weight excluding hydrogens is 691 g/mol. The molecule has 0 atom stereocenters. The van der Waals surface area contributed by atoms with Gasteiger partial charge in [-0.3, -0.25) is 0 Å². The monoisotopic (exact) mass is 729 g/mol. The zero-order valence-corrected chi connectivity index (χ0v) is 31.9. The summed E-state index contributed by atoms with van der Waals surface area (Å²) in [5, 5.41) is 4.59. The average Bonchev–Trinajstić information content (AvgIpc) is 3.77. The van der Waals surface area contributed by atoms with Crippen LogP contribution in [-0.2, 0) is 5.41 Å². The van der Waals surface area contributed by atoms with Crippen LogP contribution in [-0.4, -0.2) is 0 Å². The topological polar surface area (TPSA) is 16.4 Å². The second-order valence-electron chi connectivity index (χ2n) is 15.7. The number of hydrogen-bond donors (Lipinski definition) is 0. The van der Waals surface area contributed by atoms with Crippen LogP contribution in [0.4, 0.5) is 17.1 Å². The standard InChI is InChI=1S/C55H39NO/c1-55(2)49-22-9-8-19-46(49)47-21-11-23-50(53(47)55)56(42-32-29-39(30-33-42)38-27-25-37(26-28-38)36-13-4-3-5-14-36)43-17-10-16-41(35-43)44-20-12-24-51-52(44)48-34-31-40-15-6-7-18-45(40)54(48)57-51/h3-35H,1-2H3. The van der Waals surface area contributed by atoms with Crippen molar-refractivity contribution in [3.63, 3.8) is 0 Å². The summed E-state index contributed by atoms with van der Waals surface area (Å²) in [7, 11) is 0. The Labute approximate surface area is 332 Å². The molecule has 0 amide bonds. The number of fused-ring (bicyclic) bond motifs is 8. The first-order chi connectivity index (χ1) is 28.0. The van der Waals surface area contributed by atoms with Crippen molar-refractivity contribution in [2.24, 2.45) is 0 Å². The summed E-state index contributed by atoms with van der Waals surface area (Å²) in [6.45, 7) is 4.73. The minimum atomic E-state index is -0.192. The van der Waals surface area contributed by atoms with Crippen molar-refractivity contribution < 1.29 is 4.42 Å². The Morgan fingerprint density at radius 1 is 0.421 bits per heavy atom. The van der Waals surface area contributed by atoms with Crippen LogP contribution >= 0.6 is 0 Å². The summed E-state index contributed by atoms with van der Waals surface area (Å²) >= 11 is 0. The predicted molar refractivity (Wildman–Crippen MR) is 240 cm³/mol. The number of benzene rings is 9. The molecule has 0 unspecified atom stereocenters. The molecule has 0 radical (unpaired) electrons. The summed E-state index contributed by atoms with van der Waals surface area (Å²) in [5.74, 6) is 0. The van der Waals surface area contributed by atoms with Gasteiger partial charge in [0, 0.05) is 32.9 Å². The average molecular weight is 730 g/mol. The van der Waals surface area contributed by atoms with E-state index in [9.17, 15) is 0 Å². The van der Waals surface area contributed by atoms with Crippen LogP contribution in [0.1, 0.15) is 25.0 Å². The maximum Gasteiger partial charge on any atom is 0.143 e. The SMILES string of the molecule is CC1(C)c2ccccc2-c2cccc(N(c3ccc(-c4ccc(-c5ccccc5)cc4)cc3)c3cccc(-c4cccc5oc6c7ccccc7ccc6c45)c3)c21. The van der Waals surface area contributed by atoms with Crippen LogP contribution in [0, 0.1) is 0 Å². The van der Waals surface area contributed by atoms with Gasteiger partial charge in [0.05, 0.1) is 5.69 Å². The molecule has 11 rings (SSSR count). The van der Waals surface area contributed by atoms with Crippen LogP contribution in [0.3, 0.4) is 0 Å². The van der Waals surface area contributed by atoms with Gasteiger partial charge in [0.25, 0.3) is 0 Å². The molecule has 57 heavy (non-hydrogen) atoms. The van der Waals surface area contributed by atoms with E-state index in [1.807, 2.05) is 0 Å². The Balaban J connectivity index is 1.07. The summed E-state index contributed by atoms with van der Waals surface area (Å²) in [5.41, 5.74) is 17.5. The molecule has 0 aliphatic heterocycles. The molecule has 0 N–H and O–H groups in total. The Kier molecular flexibility index (Phi) is 7.55. The summed E-state index contributed by atoms with van der Waals surface area (Å²) in [6.07, 6.45) is 0. The van der Waals surface area contributed by atoms with Crippen molar-refractivity contribution >= 4 is 49.8 Å².